The summed E-state index contributed by atoms with van der Waals surface area (Å²) >= 11 is 0. The van der Waals surface area contributed by atoms with Crippen LogP contribution in [0.2, 0.25) is 0 Å². The number of aromatic nitrogens is 5. The van der Waals surface area contributed by atoms with Crippen LogP contribution < -0.4 is 5.32 Å². The van der Waals surface area contributed by atoms with E-state index >= 15 is 0 Å². The van der Waals surface area contributed by atoms with E-state index in [1.807, 2.05) is 18.2 Å². The Labute approximate surface area is 256 Å². The van der Waals surface area contributed by atoms with E-state index in [2.05, 4.69) is 106 Å². The number of nitrogens with zero attached hydrogens (tertiary/aromatic N) is 4. The average molecular weight is 579 g/mol. The molecule has 0 bridgehead atoms. The average Bonchev–Trinajstić information content (AvgIpc) is 3.81. The number of para-hydroxylation sites is 1. The van der Waals surface area contributed by atoms with Crippen molar-refractivity contribution in [2.45, 2.75) is 45.1 Å². The number of pyridine rings is 1. The molecule has 218 valence electrons. The standard InChI is InChI=1S/C37H34N6O/c1-2-25-14-19-29(20-15-25)43-35(21-18-28-24-39-32-12-6-5-11-31(28)32)41-42-36(43)34(40-37(44)33-13-7-8-22-38-33)23-27-17-16-26-9-3-4-10-30(26)27/h3-15,17,19-20,22,24,34,39H,2,16,18,21,23H2,1H3,(H,40,44)/t34-/m1/s1. The highest BCUT2D eigenvalue weighted by Gasteiger charge is 2.28. The second kappa shape index (κ2) is 12.1. The Balaban J connectivity index is 1.28. The molecule has 0 unspecified atom stereocenters. The van der Waals surface area contributed by atoms with Crippen LogP contribution in [-0.2, 0) is 25.7 Å². The maximum absolute atomic E-state index is 13.5. The molecule has 0 fully saturated rings. The Morgan fingerprint density at radius 3 is 2.59 bits per heavy atom. The predicted octanol–water partition coefficient (Wildman–Crippen LogP) is 6.99. The second-order valence-electron chi connectivity index (χ2n) is 11.2. The van der Waals surface area contributed by atoms with E-state index in [0.717, 1.165) is 36.3 Å². The third kappa shape index (κ3) is 5.44. The maximum Gasteiger partial charge on any atom is 0.270 e. The van der Waals surface area contributed by atoms with Gasteiger partial charge in [-0.3, -0.25) is 14.3 Å². The van der Waals surface area contributed by atoms with Crippen LogP contribution in [0, 0.1) is 0 Å². The van der Waals surface area contributed by atoms with Crippen molar-refractivity contribution in [2.24, 2.45) is 0 Å². The fraction of sp³-hybridized carbons (Fsp3) is 0.189. The molecule has 1 amide bonds. The highest BCUT2D eigenvalue weighted by atomic mass is 16.2. The molecule has 44 heavy (non-hydrogen) atoms. The van der Waals surface area contributed by atoms with E-state index in [0.29, 0.717) is 24.4 Å². The molecule has 1 atom stereocenters. The number of carbonyl (C=O) groups is 1. The van der Waals surface area contributed by atoms with Crippen molar-refractivity contribution >= 4 is 22.4 Å². The molecule has 0 aliphatic heterocycles. The lowest BCUT2D eigenvalue weighted by atomic mass is 9.99. The van der Waals surface area contributed by atoms with Crippen molar-refractivity contribution in [2.75, 3.05) is 0 Å². The minimum atomic E-state index is -0.429. The van der Waals surface area contributed by atoms with Crippen LogP contribution in [0.4, 0.5) is 0 Å². The van der Waals surface area contributed by atoms with Crippen molar-refractivity contribution in [1.82, 2.24) is 30.0 Å². The summed E-state index contributed by atoms with van der Waals surface area (Å²) < 4.78 is 2.14. The molecule has 6 aromatic rings. The lowest BCUT2D eigenvalue weighted by Gasteiger charge is -2.21. The molecule has 0 radical (unpaired) electrons. The molecular formula is C37H34N6O. The van der Waals surface area contributed by atoms with Crippen LogP contribution in [-0.4, -0.2) is 30.6 Å². The normalized spacial score (nSPS) is 13.1. The topological polar surface area (TPSA) is 88.5 Å². The minimum Gasteiger partial charge on any atom is -0.361 e. The summed E-state index contributed by atoms with van der Waals surface area (Å²) in [6, 6.07) is 30.3. The summed E-state index contributed by atoms with van der Waals surface area (Å²) in [5, 5.41) is 14.0. The van der Waals surface area contributed by atoms with Crippen molar-refractivity contribution in [1.29, 1.82) is 0 Å². The SMILES string of the molecule is CCc1ccc(-n2c(CCc3c[nH]c4ccccc34)nnc2[C@@H](CC2=CCc3ccccc32)NC(=O)c2ccccn2)cc1. The molecule has 7 heteroatoms. The molecular weight excluding hydrogens is 544 g/mol. The Bertz CT molecular complexity index is 1950. The van der Waals surface area contributed by atoms with Crippen LogP contribution in [0.15, 0.2) is 109 Å². The lowest BCUT2D eigenvalue weighted by Crippen LogP contribution is -2.31. The smallest absolute Gasteiger partial charge is 0.270 e. The van der Waals surface area contributed by atoms with Gasteiger partial charge in [-0.1, -0.05) is 73.7 Å². The van der Waals surface area contributed by atoms with Crippen molar-refractivity contribution in [3.8, 4) is 5.69 Å². The molecule has 3 aromatic carbocycles. The van der Waals surface area contributed by atoms with Crippen LogP contribution in [0.5, 0.6) is 0 Å². The fourth-order valence-electron chi connectivity index (χ4n) is 6.17. The first-order chi connectivity index (χ1) is 21.7. The van der Waals surface area contributed by atoms with Gasteiger partial charge in [0.15, 0.2) is 5.82 Å². The zero-order valence-electron chi connectivity index (χ0n) is 24.7. The molecule has 1 aliphatic carbocycles. The number of nitrogens with one attached hydrogen (secondary N) is 2. The van der Waals surface area contributed by atoms with Crippen molar-refractivity contribution in [3.05, 3.63) is 149 Å². The number of hydrogen-bond acceptors (Lipinski definition) is 4. The molecule has 2 N–H and O–H groups in total. The van der Waals surface area contributed by atoms with E-state index in [-0.39, 0.29) is 5.91 Å². The molecule has 1 aliphatic rings. The van der Waals surface area contributed by atoms with E-state index in [1.165, 1.54) is 33.2 Å². The van der Waals surface area contributed by atoms with Gasteiger partial charge in [-0.05, 0) is 77.4 Å². The quantitative estimate of drug-likeness (QED) is 0.183. The number of benzene rings is 3. The van der Waals surface area contributed by atoms with Crippen LogP contribution in [0.3, 0.4) is 0 Å². The first kappa shape index (κ1) is 27.5. The van der Waals surface area contributed by atoms with Gasteiger partial charge in [0, 0.05) is 41.8 Å². The summed E-state index contributed by atoms with van der Waals surface area (Å²) in [5.41, 5.74) is 8.70. The molecule has 3 heterocycles. The van der Waals surface area contributed by atoms with E-state index in [4.69, 9.17) is 10.2 Å². The zero-order valence-corrected chi connectivity index (χ0v) is 24.7. The largest absolute Gasteiger partial charge is 0.361 e. The summed E-state index contributed by atoms with van der Waals surface area (Å²) in [6.45, 7) is 2.15. The monoisotopic (exact) mass is 578 g/mol. The number of amides is 1. The summed E-state index contributed by atoms with van der Waals surface area (Å²) in [6.07, 6.45) is 9.91. The maximum atomic E-state index is 13.5. The van der Waals surface area contributed by atoms with Gasteiger partial charge in [-0.15, -0.1) is 10.2 Å². The second-order valence-corrected chi connectivity index (χ2v) is 11.2. The minimum absolute atomic E-state index is 0.237. The number of carbonyl (C=O) groups excluding carboxylic acids is 1. The van der Waals surface area contributed by atoms with Crippen molar-refractivity contribution < 1.29 is 4.79 Å². The van der Waals surface area contributed by atoms with E-state index < -0.39 is 6.04 Å². The van der Waals surface area contributed by atoms with Gasteiger partial charge in [-0.2, -0.15) is 0 Å². The van der Waals surface area contributed by atoms with E-state index in [1.54, 1.807) is 12.3 Å². The van der Waals surface area contributed by atoms with Gasteiger partial charge in [-0.25, -0.2) is 0 Å². The number of hydrogen-bond donors (Lipinski definition) is 2. The molecule has 0 saturated heterocycles. The number of aromatic amines is 1. The Morgan fingerprint density at radius 1 is 0.932 bits per heavy atom. The Hall–Kier alpha value is -5.30. The third-order valence-corrected chi connectivity index (χ3v) is 8.52. The number of allylic oxidation sites excluding steroid dienone is 1. The van der Waals surface area contributed by atoms with Gasteiger partial charge < -0.3 is 10.3 Å². The van der Waals surface area contributed by atoms with E-state index in [9.17, 15) is 4.79 Å². The first-order valence-electron chi connectivity index (χ1n) is 15.3. The van der Waals surface area contributed by atoms with Gasteiger partial charge >= 0.3 is 0 Å². The molecule has 7 rings (SSSR count). The molecule has 3 aromatic heterocycles. The van der Waals surface area contributed by atoms with Crippen LogP contribution >= 0.6 is 0 Å². The van der Waals surface area contributed by atoms with Gasteiger partial charge in [0.2, 0.25) is 0 Å². The van der Waals surface area contributed by atoms with Crippen molar-refractivity contribution in [3.63, 3.8) is 0 Å². The summed E-state index contributed by atoms with van der Waals surface area (Å²) in [4.78, 5) is 21.2. The Morgan fingerprint density at radius 2 is 1.75 bits per heavy atom. The van der Waals surface area contributed by atoms with Crippen LogP contribution in [0.1, 0.15) is 63.8 Å². The van der Waals surface area contributed by atoms with Gasteiger partial charge in [0.25, 0.3) is 5.91 Å². The molecule has 0 spiro atoms. The third-order valence-electron chi connectivity index (χ3n) is 8.52. The van der Waals surface area contributed by atoms with Crippen LogP contribution in [0.25, 0.3) is 22.2 Å². The summed E-state index contributed by atoms with van der Waals surface area (Å²) in [5.74, 6) is 1.32. The fourth-order valence-corrected chi connectivity index (χ4v) is 6.17. The summed E-state index contributed by atoms with van der Waals surface area (Å²) in [7, 11) is 0. The van der Waals surface area contributed by atoms with Gasteiger partial charge in [0.05, 0.1) is 6.04 Å². The van der Waals surface area contributed by atoms with Gasteiger partial charge in [0.1, 0.15) is 11.5 Å². The predicted molar refractivity (Wildman–Crippen MR) is 174 cm³/mol. The first-order valence-corrected chi connectivity index (χ1v) is 15.3. The number of aryl methyl sites for hydroxylation is 3. The highest BCUT2D eigenvalue weighted by molar-refractivity contribution is 5.92. The number of H-pyrrole nitrogens is 1. The zero-order chi connectivity index (χ0) is 29.9. The Kier molecular flexibility index (Phi) is 7.59. The lowest BCUT2D eigenvalue weighted by molar-refractivity contribution is 0.0930. The number of rotatable bonds is 10. The molecule has 0 saturated carbocycles. The number of fused-ring (bicyclic) bond motifs is 2. The highest BCUT2D eigenvalue weighted by Crippen LogP contribution is 2.35. The molecule has 7 nitrogen and oxygen atoms in total.